The average molecular weight is 442 g/mol. The molecule has 2 aliphatic heterocycles. The Hall–Kier alpha value is -1.90. The molecule has 1 atom stereocenters. The van der Waals surface area contributed by atoms with E-state index in [-0.39, 0.29) is 36.8 Å². The van der Waals surface area contributed by atoms with Crippen LogP contribution in [0.5, 0.6) is 0 Å². The molecule has 1 spiro atoms. The summed E-state index contributed by atoms with van der Waals surface area (Å²) >= 11 is 0. The summed E-state index contributed by atoms with van der Waals surface area (Å²) in [7, 11) is 0. The van der Waals surface area contributed by atoms with E-state index in [4.69, 9.17) is 0 Å². The summed E-state index contributed by atoms with van der Waals surface area (Å²) in [4.78, 5) is 15.1. The topological polar surface area (TPSA) is 88.0 Å². The van der Waals surface area contributed by atoms with Crippen molar-refractivity contribution in [2.24, 2.45) is 5.41 Å². The third kappa shape index (κ3) is 4.99. The summed E-state index contributed by atoms with van der Waals surface area (Å²) in [6.45, 7) is 5.88. The van der Waals surface area contributed by atoms with Crippen LogP contribution >= 0.6 is 24.8 Å². The van der Waals surface area contributed by atoms with Crippen molar-refractivity contribution in [2.75, 3.05) is 31.5 Å². The molecule has 0 bridgehead atoms. The highest BCUT2D eigenvalue weighted by Crippen LogP contribution is 2.37. The molecule has 8 nitrogen and oxygen atoms in total. The Morgan fingerprint density at radius 1 is 1.21 bits per heavy atom. The van der Waals surface area contributed by atoms with Crippen LogP contribution in [0.1, 0.15) is 32.6 Å². The number of aromatic nitrogens is 4. The van der Waals surface area contributed by atoms with E-state index in [0.29, 0.717) is 17.8 Å². The zero-order chi connectivity index (χ0) is 18.7. The van der Waals surface area contributed by atoms with Crippen molar-refractivity contribution >= 4 is 36.7 Å². The minimum Gasteiger partial charge on any atom is -0.341 e. The summed E-state index contributed by atoms with van der Waals surface area (Å²) in [5.41, 5.74) is 1.27. The number of likely N-dealkylation sites (tertiary alicyclic amines) is 1. The maximum absolute atomic E-state index is 13.1. The fraction of sp³-hybridized carbons (Fsp3) is 0.579. The number of anilines is 1. The number of halogens is 2. The van der Waals surface area contributed by atoms with Gasteiger partial charge in [-0.1, -0.05) is 30.2 Å². The Morgan fingerprint density at radius 3 is 2.55 bits per heavy atom. The second-order valence-corrected chi connectivity index (χ2v) is 7.61. The van der Waals surface area contributed by atoms with Crippen molar-refractivity contribution < 1.29 is 4.79 Å². The van der Waals surface area contributed by atoms with E-state index in [2.05, 4.69) is 26.2 Å². The second-order valence-electron chi connectivity index (χ2n) is 7.61. The molecule has 29 heavy (non-hydrogen) atoms. The minimum atomic E-state index is -0.325. The monoisotopic (exact) mass is 441 g/mol. The molecule has 0 aliphatic carbocycles. The van der Waals surface area contributed by atoms with Crippen LogP contribution in [0.4, 0.5) is 5.95 Å². The quantitative estimate of drug-likeness (QED) is 0.739. The van der Waals surface area contributed by atoms with E-state index in [9.17, 15) is 4.79 Å². The molecular formula is C19H29Cl2N7O. The lowest BCUT2D eigenvalue weighted by molar-refractivity contribution is -0.134. The first-order valence-corrected chi connectivity index (χ1v) is 9.81. The van der Waals surface area contributed by atoms with Crippen LogP contribution in [0.3, 0.4) is 0 Å². The van der Waals surface area contributed by atoms with Crippen molar-refractivity contribution in [2.45, 2.75) is 38.6 Å². The summed E-state index contributed by atoms with van der Waals surface area (Å²) < 4.78 is 1.63. The van der Waals surface area contributed by atoms with Crippen molar-refractivity contribution in [3.8, 4) is 5.69 Å². The zero-order valence-corrected chi connectivity index (χ0v) is 18.2. The predicted molar refractivity (Wildman–Crippen MR) is 117 cm³/mol. The largest absolute Gasteiger partial charge is 0.341 e. The molecule has 2 fully saturated rings. The lowest BCUT2D eigenvalue weighted by Gasteiger charge is -2.40. The Balaban J connectivity index is 0.00000150. The number of para-hydroxylation sites is 1. The fourth-order valence-electron chi connectivity index (χ4n) is 4.16. The third-order valence-electron chi connectivity index (χ3n) is 5.95. The number of nitrogens with zero attached hydrogens (tertiary/aromatic N) is 5. The normalized spacial score (nSPS) is 18.6. The number of carbonyl (C=O) groups excluding carboxylic acids is 1. The van der Waals surface area contributed by atoms with Crippen LogP contribution in [0.25, 0.3) is 5.69 Å². The molecule has 2 saturated heterocycles. The van der Waals surface area contributed by atoms with Gasteiger partial charge in [0.25, 0.3) is 0 Å². The van der Waals surface area contributed by atoms with Crippen molar-refractivity contribution in [1.82, 2.24) is 30.4 Å². The van der Waals surface area contributed by atoms with E-state index in [1.165, 1.54) is 6.42 Å². The molecule has 1 amide bonds. The number of tetrazole rings is 1. The molecule has 0 radical (unpaired) electrons. The van der Waals surface area contributed by atoms with Gasteiger partial charge in [0.1, 0.15) is 6.04 Å². The molecule has 3 heterocycles. The van der Waals surface area contributed by atoms with Crippen molar-refractivity contribution in [1.29, 1.82) is 0 Å². The van der Waals surface area contributed by atoms with Crippen LogP contribution in [-0.4, -0.2) is 63.2 Å². The first-order valence-electron chi connectivity index (χ1n) is 9.81. The lowest BCUT2D eigenvalue weighted by atomic mass is 9.77. The van der Waals surface area contributed by atoms with Gasteiger partial charge in [-0.25, -0.2) is 0 Å². The Morgan fingerprint density at radius 2 is 1.93 bits per heavy atom. The highest BCUT2D eigenvalue weighted by molar-refractivity contribution is 5.85. The van der Waals surface area contributed by atoms with Gasteiger partial charge in [0.05, 0.1) is 5.69 Å². The van der Waals surface area contributed by atoms with Gasteiger partial charge in [0.2, 0.25) is 11.9 Å². The Kier molecular flexibility index (Phi) is 8.24. The summed E-state index contributed by atoms with van der Waals surface area (Å²) in [6.07, 6.45) is 4.09. The summed E-state index contributed by atoms with van der Waals surface area (Å²) in [6, 6.07) is 9.36. The summed E-state index contributed by atoms with van der Waals surface area (Å²) in [5, 5.41) is 18.6. The first-order chi connectivity index (χ1) is 13.2. The predicted octanol–water partition coefficient (Wildman–Crippen LogP) is 2.30. The molecule has 10 heteroatoms. The molecule has 1 aromatic heterocycles. The van der Waals surface area contributed by atoms with Crippen molar-refractivity contribution in [3.05, 3.63) is 30.3 Å². The van der Waals surface area contributed by atoms with Crippen LogP contribution in [0, 0.1) is 5.41 Å². The molecule has 2 N–H and O–H groups in total. The van der Waals surface area contributed by atoms with Crippen LogP contribution in [0.15, 0.2) is 30.3 Å². The van der Waals surface area contributed by atoms with Crippen molar-refractivity contribution in [3.63, 3.8) is 0 Å². The fourth-order valence-corrected chi connectivity index (χ4v) is 4.16. The Labute approximate surface area is 183 Å². The number of piperidine rings is 1. The molecule has 0 saturated carbocycles. The Bertz CT molecular complexity index is 770. The van der Waals surface area contributed by atoms with E-state index in [1.807, 2.05) is 42.2 Å². The van der Waals surface area contributed by atoms with E-state index < -0.39 is 0 Å². The van der Waals surface area contributed by atoms with E-state index >= 15 is 0 Å². The molecule has 2 aromatic rings. The first kappa shape index (κ1) is 23.4. The molecule has 4 rings (SSSR count). The van der Waals surface area contributed by atoms with E-state index in [0.717, 1.165) is 44.7 Å². The van der Waals surface area contributed by atoms with Gasteiger partial charge >= 0.3 is 0 Å². The number of benzene rings is 1. The van der Waals surface area contributed by atoms with Crippen LogP contribution in [-0.2, 0) is 4.79 Å². The maximum Gasteiger partial charge on any atom is 0.248 e. The smallest absolute Gasteiger partial charge is 0.248 e. The number of hydrogen-bond donors (Lipinski definition) is 2. The van der Waals surface area contributed by atoms with Gasteiger partial charge in [-0.3, -0.25) is 4.79 Å². The van der Waals surface area contributed by atoms with Gasteiger partial charge < -0.3 is 15.5 Å². The average Bonchev–Trinajstić information content (AvgIpc) is 3.37. The van der Waals surface area contributed by atoms with Gasteiger partial charge in [-0.15, -0.1) is 24.8 Å². The minimum absolute atomic E-state index is 0. The van der Waals surface area contributed by atoms with Gasteiger partial charge in [0, 0.05) is 19.6 Å². The van der Waals surface area contributed by atoms with Gasteiger partial charge in [-0.2, -0.15) is 4.68 Å². The van der Waals surface area contributed by atoms with E-state index in [1.54, 1.807) is 4.68 Å². The lowest BCUT2D eigenvalue weighted by Crippen LogP contribution is -2.49. The van der Waals surface area contributed by atoms with Crippen LogP contribution < -0.4 is 10.6 Å². The zero-order valence-electron chi connectivity index (χ0n) is 16.6. The number of nitrogens with one attached hydrogen (secondary N) is 2. The molecule has 1 unspecified atom stereocenters. The number of carbonyl (C=O) groups is 1. The highest BCUT2D eigenvalue weighted by atomic mass is 35.5. The molecule has 1 aromatic carbocycles. The number of rotatable bonds is 5. The third-order valence-corrected chi connectivity index (χ3v) is 5.95. The summed E-state index contributed by atoms with van der Waals surface area (Å²) in [5.74, 6) is 0.635. The molecule has 2 aliphatic rings. The number of hydrogen-bond acceptors (Lipinski definition) is 6. The van der Waals surface area contributed by atoms with Crippen LogP contribution in [0.2, 0.25) is 0 Å². The SMILES string of the molecule is CCC(Nc1nnnn1-c1ccccc1)C(=O)N1CCC2(CCNC2)CC1.Cl.Cl. The molecular weight excluding hydrogens is 413 g/mol. The number of amides is 1. The highest BCUT2D eigenvalue weighted by Gasteiger charge is 2.39. The van der Waals surface area contributed by atoms with Gasteiger partial charge in [0.15, 0.2) is 0 Å². The van der Waals surface area contributed by atoms with Gasteiger partial charge in [-0.05, 0) is 60.2 Å². The maximum atomic E-state index is 13.1. The standard InChI is InChI=1S/C19H27N7O.2ClH/c1-2-16(17(27)25-12-9-19(10-13-25)8-11-20-14-19)21-18-22-23-24-26(18)15-6-4-3-5-7-15;;/h3-7,16,20H,2,8-14H2,1H3,(H,21,22,24);2*1H. The second kappa shape index (κ2) is 10.2. The molecule has 160 valence electrons.